The van der Waals surface area contributed by atoms with Crippen LogP contribution in [0.25, 0.3) is 21.3 Å². The lowest BCUT2D eigenvalue weighted by atomic mass is 10.1. The monoisotopic (exact) mass is 468 g/mol. The second-order valence-corrected chi connectivity index (χ2v) is 9.50. The minimum absolute atomic E-state index is 0.105. The molecule has 0 fully saturated rings. The first kappa shape index (κ1) is 24.2. The van der Waals surface area contributed by atoms with Crippen LogP contribution in [0.5, 0.6) is 0 Å². The highest BCUT2D eigenvalue weighted by Crippen LogP contribution is 2.28. The highest BCUT2D eigenvalue weighted by molar-refractivity contribution is 7.18. The van der Waals surface area contributed by atoms with E-state index >= 15 is 0 Å². The molecule has 0 aliphatic heterocycles. The van der Waals surface area contributed by atoms with E-state index in [0.29, 0.717) is 5.01 Å². The molecule has 9 heteroatoms. The van der Waals surface area contributed by atoms with Gasteiger partial charge in [-0.3, -0.25) is 9.59 Å². The number of carbonyl (C=O) groups excluding carboxylic acids is 3. The zero-order chi connectivity index (χ0) is 23.8. The third-order valence-electron chi connectivity index (χ3n) is 4.41. The van der Waals surface area contributed by atoms with Crippen LogP contribution in [0.15, 0.2) is 48.5 Å². The van der Waals surface area contributed by atoms with E-state index in [2.05, 4.69) is 39.1 Å². The van der Waals surface area contributed by atoms with Crippen LogP contribution in [0, 0.1) is 0 Å². The highest BCUT2D eigenvalue weighted by atomic mass is 32.1. The van der Waals surface area contributed by atoms with Gasteiger partial charge < -0.3 is 20.7 Å². The first-order valence-corrected chi connectivity index (χ1v) is 11.5. The lowest BCUT2D eigenvalue weighted by molar-refractivity contribution is -0.125. The Hall–Kier alpha value is -3.46. The number of hydrogen-bond acceptors (Lipinski definition) is 6. The molecule has 1 heterocycles. The molecule has 0 bridgehead atoms. The van der Waals surface area contributed by atoms with Crippen LogP contribution in [0.4, 0.5) is 4.79 Å². The molecule has 174 valence electrons. The number of thiazole rings is 1. The van der Waals surface area contributed by atoms with Crippen molar-refractivity contribution in [2.45, 2.75) is 32.8 Å². The van der Waals surface area contributed by atoms with Crippen LogP contribution in [0.1, 0.15) is 25.8 Å². The molecule has 0 aliphatic carbocycles. The van der Waals surface area contributed by atoms with Crippen LogP contribution in [0.3, 0.4) is 0 Å². The Balaban J connectivity index is 1.41. The Morgan fingerprint density at radius 2 is 1.64 bits per heavy atom. The van der Waals surface area contributed by atoms with E-state index in [4.69, 9.17) is 4.74 Å². The van der Waals surface area contributed by atoms with Gasteiger partial charge in [-0.15, -0.1) is 11.3 Å². The number of fused-ring (bicyclic) bond motifs is 1. The third-order valence-corrected chi connectivity index (χ3v) is 5.43. The molecule has 1 aromatic heterocycles. The minimum atomic E-state index is -0.578. The second kappa shape index (κ2) is 10.9. The van der Waals surface area contributed by atoms with Crippen molar-refractivity contribution in [2.75, 3.05) is 19.6 Å². The van der Waals surface area contributed by atoms with Gasteiger partial charge in [-0.05, 0) is 44.0 Å². The van der Waals surface area contributed by atoms with Crippen molar-refractivity contribution in [3.63, 3.8) is 0 Å². The number of rotatable bonds is 8. The molecule has 0 unspecified atom stereocenters. The van der Waals surface area contributed by atoms with Crippen molar-refractivity contribution in [1.82, 2.24) is 20.9 Å². The Morgan fingerprint density at radius 1 is 0.909 bits per heavy atom. The van der Waals surface area contributed by atoms with Crippen molar-refractivity contribution in [3.8, 4) is 11.1 Å². The van der Waals surface area contributed by atoms with Gasteiger partial charge in [0.2, 0.25) is 11.8 Å². The van der Waals surface area contributed by atoms with Crippen LogP contribution in [0.2, 0.25) is 0 Å². The number of aromatic nitrogens is 1. The third kappa shape index (κ3) is 7.87. The van der Waals surface area contributed by atoms with E-state index in [9.17, 15) is 14.4 Å². The summed E-state index contributed by atoms with van der Waals surface area (Å²) in [6.07, 6.45) is -0.440. The molecule has 3 N–H and O–H groups in total. The summed E-state index contributed by atoms with van der Waals surface area (Å²) in [4.78, 5) is 40.2. The molecular weight excluding hydrogens is 440 g/mol. The summed E-state index contributed by atoms with van der Waals surface area (Å²) in [7, 11) is 0. The van der Waals surface area contributed by atoms with E-state index in [-0.39, 0.29) is 37.9 Å². The lowest BCUT2D eigenvalue weighted by Crippen LogP contribution is -2.41. The predicted octanol–water partition coefficient (Wildman–Crippen LogP) is 3.26. The van der Waals surface area contributed by atoms with Crippen LogP contribution in [-0.2, 0) is 20.7 Å². The second-order valence-electron chi connectivity index (χ2n) is 8.39. The summed E-state index contributed by atoms with van der Waals surface area (Å²) in [5.41, 5.74) is 2.49. The molecule has 3 aromatic rings. The number of benzene rings is 2. The van der Waals surface area contributed by atoms with Crippen molar-refractivity contribution < 1.29 is 19.1 Å². The van der Waals surface area contributed by atoms with Crippen molar-refractivity contribution >= 4 is 39.5 Å². The van der Waals surface area contributed by atoms with Gasteiger partial charge in [0.25, 0.3) is 0 Å². The largest absolute Gasteiger partial charge is 0.444 e. The maximum absolute atomic E-state index is 12.2. The maximum atomic E-state index is 12.2. The smallest absolute Gasteiger partial charge is 0.407 e. The van der Waals surface area contributed by atoms with Crippen molar-refractivity contribution in [3.05, 3.63) is 53.5 Å². The number of nitrogens with one attached hydrogen (secondary N) is 3. The molecule has 33 heavy (non-hydrogen) atoms. The van der Waals surface area contributed by atoms with Gasteiger partial charge in [-0.1, -0.05) is 36.4 Å². The summed E-state index contributed by atoms with van der Waals surface area (Å²) in [5.74, 6) is -0.620. The highest BCUT2D eigenvalue weighted by Gasteiger charge is 2.15. The van der Waals surface area contributed by atoms with Crippen LogP contribution < -0.4 is 16.0 Å². The van der Waals surface area contributed by atoms with Crippen molar-refractivity contribution in [1.29, 1.82) is 0 Å². The molecule has 0 saturated carbocycles. The maximum Gasteiger partial charge on any atom is 0.407 e. The Bertz CT molecular complexity index is 1120. The summed E-state index contributed by atoms with van der Waals surface area (Å²) in [6, 6.07) is 16.1. The molecular formula is C24H28N4O4S. The summed E-state index contributed by atoms with van der Waals surface area (Å²) < 4.78 is 6.12. The van der Waals surface area contributed by atoms with Gasteiger partial charge >= 0.3 is 6.09 Å². The van der Waals surface area contributed by atoms with Crippen molar-refractivity contribution in [2.24, 2.45) is 0 Å². The SMILES string of the molecule is CC(C)(C)OC(=O)NCCNC(=O)CNC(=O)Cc1nc2ccc(-c3ccccc3)cc2s1. The fraction of sp³-hybridized carbons (Fsp3) is 0.333. The summed E-state index contributed by atoms with van der Waals surface area (Å²) in [5, 5.41) is 8.46. The molecule has 0 spiro atoms. The molecule has 3 rings (SSSR count). The van der Waals surface area contributed by atoms with Gasteiger partial charge in [0, 0.05) is 13.1 Å². The predicted molar refractivity (Wildman–Crippen MR) is 129 cm³/mol. The number of ether oxygens (including phenoxy) is 1. The van der Waals surface area contributed by atoms with Crippen LogP contribution >= 0.6 is 11.3 Å². The van der Waals surface area contributed by atoms with E-state index in [0.717, 1.165) is 21.3 Å². The lowest BCUT2D eigenvalue weighted by Gasteiger charge is -2.19. The first-order valence-electron chi connectivity index (χ1n) is 10.6. The number of alkyl carbamates (subject to hydrolysis) is 1. The van der Waals surface area contributed by atoms with Gasteiger partial charge in [0.15, 0.2) is 0 Å². The van der Waals surface area contributed by atoms with Gasteiger partial charge in [-0.2, -0.15) is 0 Å². The quantitative estimate of drug-likeness (QED) is 0.440. The average molecular weight is 469 g/mol. The Morgan fingerprint density at radius 3 is 2.36 bits per heavy atom. The molecule has 8 nitrogen and oxygen atoms in total. The number of hydrogen-bond donors (Lipinski definition) is 3. The van der Waals surface area contributed by atoms with E-state index in [1.807, 2.05) is 30.3 Å². The van der Waals surface area contributed by atoms with Gasteiger partial charge in [0.05, 0.1) is 23.2 Å². The minimum Gasteiger partial charge on any atom is -0.444 e. The summed E-state index contributed by atoms with van der Waals surface area (Å²) in [6.45, 7) is 5.63. The topological polar surface area (TPSA) is 109 Å². The zero-order valence-corrected chi connectivity index (χ0v) is 19.8. The molecule has 0 atom stereocenters. The fourth-order valence-corrected chi connectivity index (χ4v) is 3.99. The van der Waals surface area contributed by atoms with Gasteiger partial charge in [0.1, 0.15) is 10.6 Å². The standard InChI is InChI=1S/C24H28N4O4S/c1-24(2,3)32-23(31)26-12-11-25-21(30)15-27-20(29)14-22-28-18-10-9-17(13-19(18)33-22)16-7-5-4-6-8-16/h4-10,13H,11-12,14-15H2,1-3H3,(H,25,30)(H,26,31)(H,27,29). The summed E-state index contributed by atoms with van der Waals surface area (Å²) >= 11 is 1.47. The number of amides is 3. The van der Waals surface area contributed by atoms with Crippen LogP contribution in [-0.4, -0.2) is 48.1 Å². The Labute approximate surface area is 196 Å². The number of carbonyl (C=O) groups is 3. The normalized spacial score (nSPS) is 11.1. The molecule has 0 saturated heterocycles. The van der Waals surface area contributed by atoms with Gasteiger partial charge in [-0.25, -0.2) is 9.78 Å². The zero-order valence-electron chi connectivity index (χ0n) is 18.9. The van der Waals surface area contributed by atoms with E-state index in [1.54, 1.807) is 20.8 Å². The molecule has 2 aromatic carbocycles. The Kier molecular flexibility index (Phi) is 8.00. The first-order chi connectivity index (χ1) is 15.7. The molecule has 3 amide bonds. The number of nitrogens with zero attached hydrogens (tertiary/aromatic N) is 1. The fourth-order valence-electron chi connectivity index (χ4n) is 2.98. The van der Waals surface area contributed by atoms with E-state index in [1.165, 1.54) is 11.3 Å². The molecule has 0 aliphatic rings. The van der Waals surface area contributed by atoms with E-state index < -0.39 is 11.7 Å². The molecule has 0 radical (unpaired) electrons. The average Bonchev–Trinajstić information content (AvgIpc) is 3.16.